The number of primary amides is 1. The molecule has 0 saturated heterocycles. The zero-order valence-corrected chi connectivity index (χ0v) is 17.3. The minimum Gasteiger partial charge on any atom is -0.451 e. The van der Waals surface area contributed by atoms with Crippen molar-refractivity contribution in [3.8, 4) is 0 Å². The lowest BCUT2D eigenvalue weighted by molar-refractivity contribution is -0.123. The number of amides is 3. The summed E-state index contributed by atoms with van der Waals surface area (Å²) in [5.74, 6) is -1.18. The van der Waals surface area contributed by atoms with Crippen LogP contribution in [0.15, 0.2) is 48.5 Å². The van der Waals surface area contributed by atoms with Gasteiger partial charge in [-0.15, -0.1) is 0 Å². The number of nitrogens with one attached hydrogen (secondary N) is 2. The monoisotopic (exact) mass is 411 g/mol. The van der Waals surface area contributed by atoms with Crippen LogP contribution in [0.2, 0.25) is 0 Å². The molecule has 0 aliphatic heterocycles. The molecule has 2 rings (SSSR count). The number of benzene rings is 2. The van der Waals surface area contributed by atoms with Gasteiger partial charge in [-0.05, 0) is 55.5 Å². The Labute approximate surface area is 174 Å². The molecule has 30 heavy (non-hydrogen) atoms. The quantitative estimate of drug-likeness (QED) is 0.494. The van der Waals surface area contributed by atoms with Crippen LogP contribution in [0.3, 0.4) is 0 Å². The lowest BCUT2D eigenvalue weighted by atomic mass is 9.95. The Morgan fingerprint density at radius 2 is 1.30 bits per heavy atom. The minimum absolute atomic E-state index is 0.138. The first-order valence-corrected chi connectivity index (χ1v) is 9.30. The van der Waals surface area contributed by atoms with Gasteiger partial charge in [0.2, 0.25) is 11.7 Å². The number of ketones is 1. The number of carbonyl (C=O) groups excluding carboxylic acids is 4. The van der Waals surface area contributed by atoms with E-state index in [9.17, 15) is 19.2 Å². The zero-order chi connectivity index (χ0) is 22.5. The Morgan fingerprint density at radius 1 is 0.833 bits per heavy atom. The molecular formula is C22H25N3O5. The van der Waals surface area contributed by atoms with Crippen molar-refractivity contribution in [3.63, 3.8) is 0 Å². The highest BCUT2D eigenvalue weighted by Crippen LogP contribution is 2.19. The molecule has 0 fully saturated rings. The smallest absolute Gasteiger partial charge is 0.338 e. The van der Waals surface area contributed by atoms with Crippen molar-refractivity contribution in [2.24, 2.45) is 11.1 Å². The second-order valence-electron chi connectivity index (χ2n) is 7.76. The summed E-state index contributed by atoms with van der Waals surface area (Å²) in [6.45, 7) is 6.90. The molecule has 8 heteroatoms. The Kier molecular flexibility index (Phi) is 6.94. The van der Waals surface area contributed by atoms with Gasteiger partial charge in [0.25, 0.3) is 0 Å². The van der Waals surface area contributed by atoms with Crippen LogP contribution in [0.25, 0.3) is 0 Å². The third kappa shape index (κ3) is 6.16. The van der Waals surface area contributed by atoms with E-state index in [0.29, 0.717) is 16.9 Å². The SMILES string of the molecule is C[C@@H](OC(=O)c1ccc(NC(N)=O)cc1)C(=O)c1ccc(NC(=O)C(C)(C)C)cc1. The molecule has 0 aromatic heterocycles. The predicted octanol–water partition coefficient (Wildman–Crippen LogP) is 3.59. The number of hydrogen-bond donors (Lipinski definition) is 3. The summed E-state index contributed by atoms with van der Waals surface area (Å²) in [6, 6.07) is 11.6. The molecule has 0 aliphatic rings. The molecule has 8 nitrogen and oxygen atoms in total. The molecule has 0 spiro atoms. The second kappa shape index (κ2) is 9.21. The van der Waals surface area contributed by atoms with E-state index in [1.807, 2.05) is 0 Å². The van der Waals surface area contributed by atoms with Gasteiger partial charge in [0, 0.05) is 22.4 Å². The second-order valence-corrected chi connectivity index (χ2v) is 7.76. The summed E-state index contributed by atoms with van der Waals surface area (Å²) in [7, 11) is 0. The van der Waals surface area contributed by atoms with Gasteiger partial charge in [-0.1, -0.05) is 20.8 Å². The molecule has 0 unspecified atom stereocenters. The maximum absolute atomic E-state index is 12.6. The molecule has 0 saturated carbocycles. The van der Waals surface area contributed by atoms with E-state index in [1.165, 1.54) is 31.2 Å². The molecule has 158 valence electrons. The van der Waals surface area contributed by atoms with Crippen LogP contribution in [0, 0.1) is 5.41 Å². The Bertz CT molecular complexity index is 944. The van der Waals surface area contributed by atoms with Gasteiger partial charge in [0.1, 0.15) is 0 Å². The van der Waals surface area contributed by atoms with Gasteiger partial charge in [-0.25, -0.2) is 9.59 Å². The molecule has 4 N–H and O–H groups in total. The molecule has 1 atom stereocenters. The summed E-state index contributed by atoms with van der Waals surface area (Å²) in [5.41, 5.74) is 6.07. The van der Waals surface area contributed by atoms with Gasteiger partial charge in [-0.2, -0.15) is 0 Å². The first-order chi connectivity index (χ1) is 14.0. The lowest BCUT2D eigenvalue weighted by Crippen LogP contribution is -2.27. The fourth-order valence-corrected chi connectivity index (χ4v) is 2.39. The van der Waals surface area contributed by atoms with Gasteiger partial charge < -0.3 is 21.1 Å². The number of ether oxygens (including phenoxy) is 1. The highest BCUT2D eigenvalue weighted by Gasteiger charge is 2.22. The van der Waals surface area contributed by atoms with Crippen molar-refractivity contribution < 1.29 is 23.9 Å². The van der Waals surface area contributed by atoms with Gasteiger partial charge in [0.15, 0.2) is 6.10 Å². The average Bonchev–Trinajstić information content (AvgIpc) is 2.67. The van der Waals surface area contributed by atoms with Crippen LogP contribution in [0.4, 0.5) is 16.2 Å². The topological polar surface area (TPSA) is 128 Å². The van der Waals surface area contributed by atoms with Crippen LogP contribution in [-0.4, -0.2) is 29.8 Å². The number of nitrogens with two attached hydrogens (primary N) is 1. The Morgan fingerprint density at radius 3 is 1.77 bits per heavy atom. The molecule has 0 aliphatic carbocycles. The molecule has 3 amide bonds. The largest absolute Gasteiger partial charge is 0.451 e. The Balaban J connectivity index is 1.99. The van der Waals surface area contributed by atoms with Crippen LogP contribution in [0.1, 0.15) is 48.4 Å². The summed E-state index contributed by atoms with van der Waals surface area (Å²) in [4.78, 5) is 47.7. The van der Waals surface area contributed by atoms with Crippen molar-refractivity contribution in [1.82, 2.24) is 0 Å². The summed E-state index contributed by atoms with van der Waals surface area (Å²) >= 11 is 0. The van der Waals surface area contributed by atoms with E-state index in [1.54, 1.807) is 45.0 Å². The Hall–Kier alpha value is -3.68. The van der Waals surface area contributed by atoms with Gasteiger partial charge in [0.05, 0.1) is 5.56 Å². The number of carbonyl (C=O) groups is 4. The molecule has 0 radical (unpaired) electrons. The van der Waals surface area contributed by atoms with Crippen LogP contribution < -0.4 is 16.4 Å². The fourth-order valence-electron chi connectivity index (χ4n) is 2.39. The number of esters is 1. The van der Waals surface area contributed by atoms with Crippen LogP contribution >= 0.6 is 0 Å². The van der Waals surface area contributed by atoms with E-state index in [0.717, 1.165) is 0 Å². The third-order valence-corrected chi connectivity index (χ3v) is 4.15. The van der Waals surface area contributed by atoms with Crippen LogP contribution in [-0.2, 0) is 9.53 Å². The normalized spacial score (nSPS) is 11.9. The van der Waals surface area contributed by atoms with Crippen molar-refractivity contribution in [1.29, 1.82) is 0 Å². The fraction of sp³-hybridized carbons (Fsp3) is 0.273. The average molecular weight is 411 g/mol. The van der Waals surface area contributed by atoms with Crippen molar-refractivity contribution >= 4 is 35.1 Å². The number of hydrogen-bond acceptors (Lipinski definition) is 5. The highest BCUT2D eigenvalue weighted by molar-refractivity contribution is 6.02. The number of urea groups is 1. The van der Waals surface area contributed by atoms with Crippen molar-refractivity contribution in [2.45, 2.75) is 33.8 Å². The highest BCUT2D eigenvalue weighted by atomic mass is 16.5. The van der Waals surface area contributed by atoms with E-state index in [2.05, 4.69) is 10.6 Å². The van der Waals surface area contributed by atoms with Crippen molar-refractivity contribution in [2.75, 3.05) is 10.6 Å². The standard InChI is InChI=1S/C22H25N3O5/c1-13(30-19(27)15-7-11-17(12-8-15)25-21(23)29)18(26)14-5-9-16(10-6-14)24-20(28)22(2,3)4/h5-13H,1-4H3,(H,24,28)(H3,23,25,29)/t13-/m1/s1. The van der Waals surface area contributed by atoms with Crippen LogP contribution in [0.5, 0.6) is 0 Å². The maximum atomic E-state index is 12.6. The minimum atomic E-state index is -1.00. The summed E-state index contributed by atoms with van der Waals surface area (Å²) in [6.07, 6.45) is -1.00. The first kappa shape index (κ1) is 22.6. The number of anilines is 2. The number of Topliss-reactive ketones (excluding diaryl/α,β-unsaturated/α-hetero) is 1. The molecule has 0 heterocycles. The van der Waals surface area contributed by atoms with E-state index < -0.39 is 23.5 Å². The van der Waals surface area contributed by atoms with Gasteiger partial charge in [-0.3, -0.25) is 9.59 Å². The number of rotatable bonds is 6. The molecule has 2 aromatic carbocycles. The first-order valence-electron chi connectivity index (χ1n) is 9.30. The van der Waals surface area contributed by atoms with E-state index in [-0.39, 0.29) is 17.3 Å². The van der Waals surface area contributed by atoms with Gasteiger partial charge >= 0.3 is 12.0 Å². The summed E-state index contributed by atoms with van der Waals surface area (Å²) in [5, 5.41) is 5.16. The zero-order valence-electron chi connectivity index (χ0n) is 17.3. The predicted molar refractivity (Wildman–Crippen MR) is 113 cm³/mol. The third-order valence-electron chi connectivity index (χ3n) is 4.15. The van der Waals surface area contributed by atoms with Crippen molar-refractivity contribution in [3.05, 3.63) is 59.7 Å². The molecule has 0 bridgehead atoms. The summed E-state index contributed by atoms with van der Waals surface area (Å²) < 4.78 is 5.24. The van der Waals surface area contributed by atoms with E-state index >= 15 is 0 Å². The molecule has 2 aromatic rings. The lowest BCUT2D eigenvalue weighted by Gasteiger charge is -2.18. The van der Waals surface area contributed by atoms with E-state index in [4.69, 9.17) is 10.5 Å². The molecular weight excluding hydrogens is 386 g/mol. The maximum Gasteiger partial charge on any atom is 0.338 e.